The van der Waals surface area contributed by atoms with Crippen LogP contribution < -0.4 is 5.56 Å². The Balaban J connectivity index is 1.76. The van der Waals surface area contributed by atoms with Crippen LogP contribution in [-0.4, -0.2) is 58.9 Å². The number of H-pyrrole nitrogens is 1. The van der Waals surface area contributed by atoms with E-state index in [9.17, 15) is 9.59 Å². The lowest BCUT2D eigenvalue weighted by Crippen LogP contribution is -2.45. The van der Waals surface area contributed by atoms with Crippen LogP contribution in [0.25, 0.3) is 0 Å². The second-order valence-electron chi connectivity index (χ2n) is 6.90. The first-order valence-electron chi connectivity index (χ1n) is 8.83. The molecular formula is C19H22Cl2N4O2. The smallest absolute Gasteiger partial charge is 0.263 e. The highest BCUT2D eigenvalue weighted by Crippen LogP contribution is 2.25. The number of aromatic amines is 1. The number of carbonyl (C=O) groups excluding carboxylic acids is 1. The Hall–Kier alpha value is -1.89. The van der Waals surface area contributed by atoms with E-state index in [0.29, 0.717) is 21.4 Å². The molecule has 1 aliphatic heterocycles. The van der Waals surface area contributed by atoms with Crippen molar-refractivity contribution in [2.45, 2.75) is 25.3 Å². The molecule has 1 N–H and O–H groups in total. The van der Waals surface area contributed by atoms with Gasteiger partial charge in [-0.2, -0.15) is 0 Å². The van der Waals surface area contributed by atoms with Crippen molar-refractivity contribution in [3.8, 4) is 0 Å². The molecule has 0 unspecified atom stereocenters. The molecule has 1 aromatic carbocycles. The molecule has 0 bridgehead atoms. The first-order valence-corrected chi connectivity index (χ1v) is 9.59. The number of nitrogens with zero attached hydrogens (tertiary/aromatic N) is 3. The predicted octanol–water partition coefficient (Wildman–Crippen LogP) is 2.83. The van der Waals surface area contributed by atoms with Crippen molar-refractivity contribution in [2.75, 3.05) is 27.2 Å². The van der Waals surface area contributed by atoms with Gasteiger partial charge in [0.2, 0.25) is 0 Å². The lowest BCUT2D eigenvalue weighted by Gasteiger charge is -2.34. The second kappa shape index (κ2) is 8.42. The van der Waals surface area contributed by atoms with Gasteiger partial charge in [0.15, 0.2) is 0 Å². The summed E-state index contributed by atoms with van der Waals surface area (Å²) in [6, 6.07) is 5.35. The molecule has 8 heteroatoms. The van der Waals surface area contributed by atoms with E-state index in [1.54, 1.807) is 30.1 Å². The highest BCUT2D eigenvalue weighted by Gasteiger charge is 2.26. The van der Waals surface area contributed by atoms with Crippen LogP contribution in [-0.2, 0) is 6.42 Å². The molecule has 0 saturated carbocycles. The highest BCUT2D eigenvalue weighted by atomic mass is 35.5. The summed E-state index contributed by atoms with van der Waals surface area (Å²) in [4.78, 5) is 36.0. The molecule has 1 aromatic heterocycles. The Morgan fingerprint density at radius 3 is 2.52 bits per heavy atom. The Morgan fingerprint density at radius 2 is 1.93 bits per heavy atom. The van der Waals surface area contributed by atoms with Gasteiger partial charge in [-0.05, 0) is 50.7 Å². The third-order valence-corrected chi connectivity index (χ3v) is 5.75. The van der Waals surface area contributed by atoms with E-state index in [0.717, 1.165) is 25.9 Å². The van der Waals surface area contributed by atoms with Gasteiger partial charge < -0.3 is 14.8 Å². The third-order valence-electron chi connectivity index (χ3n) is 5.04. The lowest BCUT2D eigenvalue weighted by atomic mass is 10.0. The summed E-state index contributed by atoms with van der Waals surface area (Å²) in [5.41, 5.74) is 0.282. The summed E-state index contributed by atoms with van der Waals surface area (Å²) >= 11 is 12.3. The largest absolute Gasteiger partial charge is 0.338 e. The van der Waals surface area contributed by atoms with Crippen molar-refractivity contribution in [2.24, 2.45) is 0 Å². The van der Waals surface area contributed by atoms with Crippen LogP contribution in [0.15, 0.2) is 29.2 Å². The molecule has 0 spiro atoms. The third kappa shape index (κ3) is 4.51. The molecule has 6 nitrogen and oxygen atoms in total. The fraction of sp³-hybridized carbons (Fsp3) is 0.421. The van der Waals surface area contributed by atoms with Crippen molar-refractivity contribution in [3.63, 3.8) is 0 Å². The minimum Gasteiger partial charge on any atom is -0.338 e. The highest BCUT2D eigenvalue weighted by molar-refractivity contribution is 6.36. The van der Waals surface area contributed by atoms with Gasteiger partial charge in [0.05, 0.1) is 0 Å². The Kier molecular flexibility index (Phi) is 6.19. The molecule has 27 heavy (non-hydrogen) atoms. The van der Waals surface area contributed by atoms with Crippen LogP contribution in [0, 0.1) is 0 Å². The number of halogens is 2. The van der Waals surface area contributed by atoms with Gasteiger partial charge in [-0.25, -0.2) is 4.98 Å². The maximum Gasteiger partial charge on any atom is 0.263 e. The summed E-state index contributed by atoms with van der Waals surface area (Å²) in [7, 11) is 3.81. The quantitative estimate of drug-likeness (QED) is 0.843. The molecule has 0 aliphatic carbocycles. The molecule has 1 aliphatic rings. The van der Waals surface area contributed by atoms with Crippen LogP contribution in [0.5, 0.6) is 0 Å². The lowest BCUT2D eigenvalue weighted by molar-refractivity contribution is 0.0657. The molecule has 3 rings (SSSR count). The van der Waals surface area contributed by atoms with Gasteiger partial charge in [0.1, 0.15) is 11.4 Å². The van der Waals surface area contributed by atoms with Crippen molar-refractivity contribution < 1.29 is 4.79 Å². The van der Waals surface area contributed by atoms with E-state index in [1.807, 2.05) is 0 Å². The maximum absolute atomic E-state index is 12.7. The number of nitrogens with one attached hydrogen (secondary N) is 1. The first kappa shape index (κ1) is 19.9. The van der Waals surface area contributed by atoms with E-state index in [2.05, 4.69) is 21.9 Å². The Morgan fingerprint density at radius 1 is 1.30 bits per heavy atom. The van der Waals surface area contributed by atoms with Crippen LogP contribution in [0.1, 0.15) is 34.6 Å². The standard InChI is InChI=1S/C19H22Cl2N4O2/c1-24-8-6-12(7-9-24)25(2)19(27)14-11-22-17(23-18(14)26)10-13-15(20)4-3-5-16(13)21/h3-5,11-12H,6-10H2,1-2H3,(H,22,23,26). The SMILES string of the molecule is CN1CCC(N(C)C(=O)c2cnc(Cc3c(Cl)cccc3Cl)[nH]c2=O)CC1. The number of benzene rings is 1. The molecule has 144 valence electrons. The van der Waals surface area contributed by atoms with E-state index in [4.69, 9.17) is 23.2 Å². The number of likely N-dealkylation sites (tertiary alicyclic amines) is 1. The van der Waals surface area contributed by atoms with E-state index in [-0.39, 0.29) is 23.9 Å². The number of amides is 1. The predicted molar refractivity (Wildman–Crippen MR) is 107 cm³/mol. The Labute approximate surface area is 168 Å². The van der Waals surface area contributed by atoms with E-state index < -0.39 is 5.56 Å². The van der Waals surface area contributed by atoms with Gasteiger partial charge in [0.25, 0.3) is 11.5 Å². The normalized spacial score (nSPS) is 15.7. The van der Waals surface area contributed by atoms with Gasteiger partial charge in [-0.15, -0.1) is 0 Å². The molecule has 1 saturated heterocycles. The van der Waals surface area contributed by atoms with Gasteiger partial charge >= 0.3 is 0 Å². The summed E-state index contributed by atoms with van der Waals surface area (Å²) in [6.45, 7) is 1.88. The fourth-order valence-corrected chi connectivity index (χ4v) is 3.81. The summed E-state index contributed by atoms with van der Waals surface area (Å²) in [6.07, 6.45) is 3.42. The van der Waals surface area contributed by atoms with Crippen molar-refractivity contribution >= 4 is 29.1 Å². The van der Waals surface area contributed by atoms with Crippen molar-refractivity contribution in [1.82, 2.24) is 19.8 Å². The van der Waals surface area contributed by atoms with Crippen LogP contribution in [0.2, 0.25) is 10.0 Å². The number of aromatic nitrogens is 2. The monoisotopic (exact) mass is 408 g/mol. The number of rotatable bonds is 4. The molecule has 0 atom stereocenters. The minimum absolute atomic E-state index is 0.0467. The van der Waals surface area contributed by atoms with Crippen molar-refractivity contribution in [1.29, 1.82) is 0 Å². The summed E-state index contributed by atoms with van der Waals surface area (Å²) < 4.78 is 0. The molecule has 1 amide bonds. The van der Waals surface area contributed by atoms with Gasteiger partial charge in [-0.3, -0.25) is 9.59 Å². The van der Waals surface area contributed by atoms with Crippen LogP contribution in [0.4, 0.5) is 0 Å². The van der Waals surface area contributed by atoms with Crippen LogP contribution in [0.3, 0.4) is 0 Å². The fourth-order valence-electron chi connectivity index (χ4n) is 3.28. The van der Waals surface area contributed by atoms with Crippen LogP contribution >= 0.6 is 23.2 Å². The number of carbonyl (C=O) groups is 1. The maximum atomic E-state index is 12.7. The van der Waals surface area contributed by atoms with Gasteiger partial charge in [0, 0.05) is 35.8 Å². The average Bonchev–Trinajstić information content (AvgIpc) is 2.64. The molecule has 1 fully saturated rings. The number of hydrogen-bond donors (Lipinski definition) is 1. The molecule has 2 aromatic rings. The Bertz CT molecular complexity index is 871. The zero-order valence-corrected chi connectivity index (χ0v) is 16.8. The van der Waals surface area contributed by atoms with E-state index in [1.165, 1.54) is 6.20 Å². The average molecular weight is 409 g/mol. The summed E-state index contributed by atoms with van der Waals surface area (Å²) in [5.74, 6) is 0.106. The molecular weight excluding hydrogens is 387 g/mol. The zero-order chi connectivity index (χ0) is 19.6. The topological polar surface area (TPSA) is 69.3 Å². The molecule has 0 radical (unpaired) electrons. The first-order chi connectivity index (χ1) is 12.9. The van der Waals surface area contributed by atoms with Crippen molar-refractivity contribution in [3.05, 3.63) is 61.7 Å². The zero-order valence-electron chi connectivity index (χ0n) is 15.3. The number of hydrogen-bond acceptors (Lipinski definition) is 4. The number of piperidine rings is 1. The minimum atomic E-state index is -0.451. The van der Waals surface area contributed by atoms with E-state index >= 15 is 0 Å². The second-order valence-corrected chi connectivity index (χ2v) is 7.71. The summed E-state index contributed by atoms with van der Waals surface area (Å²) in [5, 5.41) is 1.01. The molecule has 2 heterocycles. The van der Waals surface area contributed by atoms with Gasteiger partial charge in [-0.1, -0.05) is 29.3 Å².